The summed E-state index contributed by atoms with van der Waals surface area (Å²) in [6.45, 7) is 3.25. The minimum absolute atomic E-state index is 0.0125. The molecule has 0 spiro atoms. The van der Waals surface area contributed by atoms with Crippen LogP contribution in [0.15, 0.2) is 77.4 Å². The maximum absolute atomic E-state index is 12.6. The van der Waals surface area contributed by atoms with E-state index >= 15 is 0 Å². The van der Waals surface area contributed by atoms with Crippen LogP contribution in [-0.4, -0.2) is 34.9 Å². The summed E-state index contributed by atoms with van der Waals surface area (Å²) in [6, 6.07) is 21.6. The van der Waals surface area contributed by atoms with Gasteiger partial charge in [0.15, 0.2) is 0 Å². The molecule has 0 radical (unpaired) electrons. The van der Waals surface area contributed by atoms with Crippen molar-refractivity contribution in [1.29, 1.82) is 0 Å². The van der Waals surface area contributed by atoms with Gasteiger partial charge in [-0.3, -0.25) is 14.7 Å². The number of pyridine rings is 1. The van der Waals surface area contributed by atoms with E-state index < -0.39 is 0 Å². The maximum Gasteiger partial charge on any atom is 0.251 e. The number of hydrogen-bond donors (Lipinski definition) is 1. The lowest BCUT2D eigenvalue weighted by Gasteiger charge is -2.32. The van der Waals surface area contributed by atoms with Gasteiger partial charge < -0.3 is 10.1 Å². The van der Waals surface area contributed by atoms with Crippen LogP contribution >= 0.6 is 15.9 Å². The van der Waals surface area contributed by atoms with Crippen LogP contribution in [-0.2, 0) is 13.2 Å². The van der Waals surface area contributed by atoms with E-state index in [0.717, 1.165) is 54.0 Å². The molecule has 1 aliphatic rings. The van der Waals surface area contributed by atoms with Crippen molar-refractivity contribution in [2.24, 2.45) is 0 Å². The average molecular weight is 480 g/mol. The number of halogens is 1. The molecule has 0 bridgehead atoms. The second-order valence-electron chi connectivity index (χ2n) is 7.76. The number of benzene rings is 2. The summed E-state index contributed by atoms with van der Waals surface area (Å²) in [6.07, 6.45) is 3.74. The van der Waals surface area contributed by atoms with Crippen LogP contribution in [0.2, 0.25) is 0 Å². The van der Waals surface area contributed by atoms with Gasteiger partial charge in [-0.2, -0.15) is 0 Å². The Bertz CT molecular complexity index is 987. The van der Waals surface area contributed by atoms with Gasteiger partial charge in [0.05, 0.1) is 10.2 Å². The molecule has 0 atom stereocenters. The first-order valence-corrected chi connectivity index (χ1v) is 11.4. The Hall–Kier alpha value is -2.70. The van der Waals surface area contributed by atoms with Crippen molar-refractivity contribution in [1.82, 2.24) is 15.2 Å². The molecule has 4 rings (SSSR count). The van der Waals surface area contributed by atoms with Crippen molar-refractivity contribution in [2.45, 2.75) is 32.0 Å². The maximum atomic E-state index is 12.6. The number of nitrogens with zero attached hydrogens (tertiary/aromatic N) is 2. The number of hydrogen-bond acceptors (Lipinski definition) is 4. The predicted molar refractivity (Wildman–Crippen MR) is 125 cm³/mol. The van der Waals surface area contributed by atoms with Crippen LogP contribution in [0.25, 0.3) is 0 Å². The summed E-state index contributed by atoms with van der Waals surface area (Å²) >= 11 is 3.48. The topological polar surface area (TPSA) is 54.5 Å². The molecule has 2 aromatic carbocycles. The molecule has 0 saturated carbocycles. The zero-order valence-corrected chi connectivity index (χ0v) is 18.9. The molecular formula is C25H26BrN3O2. The number of carbonyl (C=O) groups excluding carboxylic acids is 1. The molecule has 160 valence electrons. The number of carbonyl (C=O) groups is 1. The van der Waals surface area contributed by atoms with E-state index in [-0.39, 0.29) is 11.9 Å². The van der Waals surface area contributed by atoms with Crippen LogP contribution in [0.5, 0.6) is 5.75 Å². The highest BCUT2D eigenvalue weighted by Crippen LogP contribution is 2.24. The number of likely N-dealkylation sites (tertiary alicyclic amines) is 1. The first-order chi connectivity index (χ1) is 15.2. The molecule has 0 aliphatic carbocycles. The van der Waals surface area contributed by atoms with Crippen LogP contribution in [0, 0.1) is 0 Å². The fourth-order valence-corrected chi connectivity index (χ4v) is 4.10. The van der Waals surface area contributed by atoms with Crippen molar-refractivity contribution in [2.75, 3.05) is 13.1 Å². The van der Waals surface area contributed by atoms with E-state index in [1.165, 1.54) is 0 Å². The highest BCUT2D eigenvalue weighted by molar-refractivity contribution is 9.10. The number of aromatic nitrogens is 1. The smallest absolute Gasteiger partial charge is 0.251 e. The third-order valence-corrected chi connectivity index (χ3v) is 6.14. The number of nitrogens with one attached hydrogen (secondary N) is 1. The van der Waals surface area contributed by atoms with Gasteiger partial charge in [-0.1, -0.05) is 30.3 Å². The van der Waals surface area contributed by atoms with Crippen LogP contribution in [0.3, 0.4) is 0 Å². The molecule has 1 fully saturated rings. The number of ether oxygens (including phenoxy) is 1. The molecule has 3 aromatic rings. The Morgan fingerprint density at radius 1 is 1.03 bits per heavy atom. The number of rotatable bonds is 7. The molecule has 1 aliphatic heterocycles. The minimum Gasteiger partial charge on any atom is -0.488 e. The monoisotopic (exact) mass is 479 g/mol. The predicted octanol–water partition coefficient (Wildman–Crippen LogP) is 4.82. The van der Waals surface area contributed by atoms with E-state index in [4.69, 9.17) is 4.74 Å². The van der Waals surface area contributed by atoms with Gasteiger partial charge in [0.2, 0.25) is 0 Å². The number of piperidine rings is 1. The molecule has 1 N–H and O–H groups in total. The van der Waals surface area contributed by atoms with Crippen LogP contribution < -0.4 is 10.1 Å². The van der Waals surface area contributed by atoms with Gasteiger partial charge in [-0.15, -0.1) is 0 Å². The molecule has 0 unspecified atom stereocenters. The summed E-state index contributed by atoms with van der Waals surface area (Å²) < 4.78 is 6.77. The van der Waals surface area contributed by atoms with E-state index in [2.05, 4.69) is 37.2 Å². The van der Waals surface area contributed by atoms with Gasteiger partial charge in [-0.05, 0) is 70.7 Å². The van der Waals surface area contributed by atoms with E-state index in [1.54, 1.807) is 0 Å². The summed E-state index contributed by atoms with van der Waals surface area (Å²) in [5.74, 6) is 0.792. The van der Waals surface area contributed by atoms with E-state index in [0.29, 0.717) is 12.2 Å². The number of amides is 1. The molecule has 5 nitrogen and oxygen atoms in total. The SMILES string of the molecule is O=C(NC1CCN(Cc2ccccn2)CC1)c1ccc(COc2ccccc2Br)cc1. The van der Waals surface area contributed by atoms with Crippen molar-refractivity contribution in [3.05, 3.63) is 94.2 Å². The zero-order valence-electron chi connectivity index (χ0n) is 17.3. The minimum atomic E-state index is -0.0125. The lowest BCUT2D eigenvalue weighted by atomic mass is 10.0. The quantitative estimate of drug-likeness (QED) is 0.527. The fourth-order valence-electron chi connectivity index (χ4n) is 3.70. The first kappa shape index (κ1) is 21.5. The molecule has 1 amide bonds. The second-order valence-corrected chi connectivity index (χ2v) is 8.62. The van der Waals surface area contributed by atoms with Crippen LogP contribution in [0.1, 0.15) is 34.5 Å². The lowest BCUT2D eigenvalue weighted by Crippen LogP contribution is -2.44. The largest absolute Gasteiger partial charge is 0.488 e. The van der Waals surface area contributed by atoms with Crippen LogP contribution in [0.4, 0.5) is 0 Å². The highest BCUT2D eigenvalue weighted by Gasteiger charge is 2.21. The van der Waals surface area contributed by atoms with Gasteiger partial charge in [0.1, 0.15) is 12.4 Å². The summed E-state index contributed by atoms with van der Waals surface area (Å²) in [4.78, 5) is 19.4. The highest BCUT2D eigenvalue weighted by atomic mass is 79.9. The standard InChI is InChI=1S/C25H26BrN3O2/c26-23-6-1-2-7-24(23)31-18-19-8-10-20(11-9-19)25(30)28-21-12-15-29(16-13-21)17-22-5-3-4-14-27-22/h1-11,14,21H,12-13,15-18H2,(H,28,30). The third-order valence-electron chi connectivity index (χ3n) is 5.48. The molecule has 2 heterocycles. The van der Waals surface area contributed by atoms with Gasteiger partial charge >= 0.3 is 0 Å². The summed E-state index contributed by atoms with van der Waals surface area (Å²) in [5.41, 5.74) is 2.80. The molecular weight excluding hydrogens is 454 g/mol. The Balaban J connectivity index is 1.23. The summed E-state index contributed by atoms with van der Waals surface area (Å²) in [7, 11) is 0. The second kappa shape index (κ2) is 10.6. The van der Waals surface area contributed by atoms with Crippen molar-refractivity contribution in [3.63, 3.8) is 0 Å². The van der Waals surface area contributed by atoms with E-state index in [9.17, 15) is 4.79 Å². The van der Waals surface area contributed by atoms with Crippen molar-refractivity contribution in [3.8, 4) is 5.75 Å². The summed E-state index contributed by atoms with van der Waals surface area (Å²) in [5, 5.41) is 3.19. The normalized spacial score (nSPS) is 14.9. The third kappa shape index (κ3) is 6.15. The van der Waals surface area contributed by atoms with Gasteiger partial charge in [0.25, 0.3) is 5.91 Å². The Kier molecular flexibility index (Phi) is 7.33. The Morgan fingerprint density at radius 3 is 2.48 bits per heavy atom. The van der Waals surface area contributed by atoms with Crippen molar-refractivity contribution < 1.29 is 9.53 Å². The Labute approximate surface area is 191 Å². The molecule has 1 aromatic heterocycles. The molecule has 6 heteroatoms. The zero-order chi connectivity index (χ0) is 21.5. The fraction of sp³-hybridized carbons (Fsp3) is 0.280. The van der Waals surface area contributed by atoms with Gasteiger partial charge in [0, 0.05) is 37.4 Å². The average Bonchev–Trinajstić information content (AvgIpc) is 2.81. The lowest BCUT2D eigenvalue weighted by molar-refractivity contribution is 0.0908. The molecule has 1 saturated heterocycles. The van der Waals surface area contributed by atoms with Gasteiger partial charge in [-0.25, -0.2) is 0 Å². The Morgan fingerprint density at radius 2 is 1.77 bits per heavy atom. The number of para-hydroxylation sites is 1. The molecule has 31 heavy (non-hydrogen) atoms. The van der Waals surface area contributed by atoms with E-state index in [1.807, 2.05) is 66.9 Å². The first-order valence-electron chi connectivity index (χ1n) is 10.6. The van der Waals surface area contributed by atoms with Crippen molar-refractivity contribution >= 4 is 21.8 Å².